The van der Waals surface area contributed by atoms with E-state index in [4.69, 9.17) is 4.74 Å². The molecule has 106 valence electrons. The van der Waals surface area contributed by atoms with Crippen LogP contribution in [-0.4, -0.2) is 25.6 Å². The summed E-state index contributed by atoms with van der Waals surface area (Å²) in [5.74, 6) is 0.473. The zero-order valence-corrected chi connectivity index (χ0v) is 14.4. The summed E-state index contributed by atoms with van der Waals surface area (Å²) in [6.07, 6.45) is 0. The average Bonchev–Trinajstić information content (AvgIpc) is 2.34. The summed E-state index contributed by atoms with van der Waals surface area (Å²) < 4.78 is 7.13. The Morgan fingerprint density at radius 3 is 2.37 bits per heavy atom. The van der Waals surface area contributed by atoms with Crippen LogP contribution < -0.4 is 15.4 Å². The maximum Gasteiger partial charge on any atom is 0.257 e. The van der Waals surface area contributed by atoms with E-state index in [-0.39, 0.29) is 12.5 Å². The molecule has 0 saturated carbocycles. The van der Waals surface area contributed by atoms with Crippen LogP contribution in [0, 0.1) is 0 Å². The number of likely N-dealkylation sites (N-methyl/N-ethyl adjacent to an activating group) is 1. The van der Waals surface area contributed by atoms with Gasteiger partial charge in [0.05, 0.1) is 8.95 Å². The van der Waals surface area contributed by atoms with Crippen molar-refractivity contribution in [2.45, 2.75) is 26.4 Å². The average molecular weight is 394 g/mol. The van der Waals surface area contributed by atoms with Crippen LogP contribution >= 0.6 is 31.9 Å². The molecule has 0 aliphatic rings. The van der Waals surface area contributed by atoms with E-state index in [2.05, 4.69) is 56.3 Å². The van der Waals surface area contributed by atoms with E-state index in [1.807, 2.05) is 12.1 Å². The topological polar surface area (TPSA) is 50.4 Å². The molecule has 19 heavy (non-hydrogen) atoms. The fraction of sp³-hybridized carbons (Fsp3) is 0.462. The Balaban J connectivity index is 2.76. The summed E-state index contributed by atoms with van der Waals surface area (Å²) in [6, 6.07) is 4.40. The number of benzene rings is 1. The van der Waals surface area contributed by atoms with Crippen molar-refractivity contribution in [3.8, 4) is 5.75 Å². The molecule has 0 bridgehead atoms. The number of carbonyl (C=O) groups excluding carboxylic acids is 1. The van der Waals surface area contributed by atoms with E-state index in [0.29, 0.717) is 11.8 Å². The van der Waals surface area contributed by atoms with Crippen molar-refractivity contribution in [1.82, 2.24) is 10.6 Å². The largest absolute Gasteiger partial charge is 0.481 e. The van der Waals surface area contributed by atoms with Gasteiger partial charge in [-0.05, 0) is 49.6 Å². The van der Waals surface area contributed by atoms with Gasteiger partial charge >= 0.3 is 0 Å². The predicted octanol–water partition coefficient (Wildman–Crippen LogP) is 2.83. The van der Waals surface area contributed by atoms with Gasteiger partial charge < -0.3 is 15.4 Å². The number of halogens is 2. The Kier molecular flexibility index (Phi) is 6.82. The molecule has 0 aliphatic heterocycles. The highest BCUT2D eigenvalue weighted by molar-refractivity contribution is 9.11. The third-order valence-corrected chi connectivity index (χ3v) is 3.58. The quantitative estimate of drug-likeness (QED) is 0.781. The standard InChI is InChI=1S/C13H18Br2N2O2/c1-8(2)17-6-9-4-10(14)13(11(15)5-9)19-7-12(18)16-3/h4-5,8,17H,6-7H2,1-3H3,(H,16,18). The molecular formula is C13H18Br2N2O2. The summed E-state index contributed by atoms with van der Waals surface area (Å²) in [5.41, 5.74) is 1.14. The van der Waals surface area contributed by atoms with Crippen LogP contribution in [0.15, 0.2) is 21.1 Å². The monoisotopic (exact) mass is 392 g/mol. The Bertz CT molecular complexity index is 427. The van der Waals surface area contributed by atoms with Gasteiger partial charge in [-0.2, -0.15) is 0 Å². The number of amides is 1. The number of hydrogen-bond donors (Lipinski definition) is 2. The van der Waals surface area contributed by atoms with Crippen LogP contribution in [0.25, 0.3) is 0 Å². The summed E-state index contributed by atoms with van der Waals surface area (Å²) >= 11 is 6.93. The van der Waals surface area contributed by atoms with E-state index < -0.39 is 0 Å². The van der Waals surface area contributed by atoms with Gasteiger partial charge in [-0.25, -0.2) is 0 Å². The molecule has 1 amide bonds. The minimum atomic E-state index is -0.163. The van der Waals surface area contributed by atoms with Gasteiger partial charge in [0.2, 0.25) is 0 Å². The summed E-state index contributed by atoms with van der Waals surface area (Å²) in [6.45, 7) is 4.98. The number of ether oxygens (including phenoxy) is 1. The third kappa shape index (κ3) is 5.50. The maximum absolute atomic E-state index is 11.2. The second kappa shape index (κ2) is 7.87. The third-order valence-electron chi connectivity index (χ3n) is 2.40. The molecule has 0 aliphatic carbocycles. The van der Waals surface area contributed by atoms with Crippen LogP contribution in [0.1, 0.15) is 19.4 Å². The van der Waals surface area contributed by atoms with Crippen molar-refractivity contribution >= 4 is 37.8 Å². The first-order valence-electron chi connectivity index (χ1n) is 5.98. The van der Waals surface area contributed by atoms with Crippen LogP contribution in [-0.2, 0) is 11.3 Å². The highest BCUT2D eigenvalue weighted by Gasteiger charge is 2.10. The first-order chi connectivity index (χ1) is 8.93. The van der Waals surface area contributed by atoms with Crippen molar-refractivity contribution in [2.75, 3.05) is 13.7 Å². The fourth-order valence-corrected chi connectivity index (χ4v) is 2.89. The SMILES string of the molecule is CNC(=O)COc1c(Br)cc(CNC(C)C)cc1Br. The van der Waals surface area contributed by atoms with Gasteiger partial charge in [-0.1, -0.05) is 13.8 Å². The smallest absolute Gasteiger partial charge is 0.257 e. The lowest BCUT2D eigenvalue weighted by atomic mass is 10.2. The van der Waals surface area contributed by atoms with Crippen molar-refractivity contribution < 1.29 is 9.53 Å². The lowest BCUT2D eigenvalue weighted by Crippen LogP contribution is -2.25. The molecule has 0 saturated heterocycles. The molecule has 0 spiro atoms. The Morgan fingerprint density at radius 1 is 1.32 bits per heavy atom. The molecule has 1 aromatic rings. The van der Waals surface area contributed by atoms with Crippen LogP contribution in [0.3, 0.4) is 0 Å². The van der Waals surface area contributed by atoms with Crippen molar-refractivity contribution in [1.29, 1.82) is 0 Å². The summed E-state index contributed by atoms with van der Waals surface area (Å²) in [5, 5.41) is 5.86. The normalized spacial score (nSPS) is 10.6. The molecule has 6 heteroatoms. The molecule has 4 nitrogen and oxygen atoms in total. The second-order valence-corrected chi connectivity index (χ2v) is 6.09. The van der Waals surface area contributed by atoms with E-state index in [0.717, 1.165) is 21.1 Å². The Hall–Kier alpha value is -0.590. The molecular weight excluding hydrogens is 376 g/mol. The Labute approximate surface area is 130 Å². The fourth-order valence-electron chi connectivity index (χ4n) is 1.38. The lowest BCUT2D eigenvalue weighted by molar-refractivity contribution is -0.122. The van der Waals surface area contributed by atoms with Crippen molar-refractivity contribution in [2.24, 2.45) is 0 Å². The van der Waals surface area contributed by atoms with Gasteiger partial charge in [0.1, 0.15) is 5.75 Å². The molecule has 0 heterocycles. The minimum absolute atomic E-state index is 0.00269. The molecule has 0 radical (unpaired) electrons. The van der Waals surface area contributed by atoms with Crippen LogP contribution in [0.2, 0.25) is 0 Å². The van der Waals surface area contributed by atoms with Gasteiger partial charge in [0.25, 0.3) is 5.91 Å². The number of hydrogen-bond acceptors (Lipinski definition) is 3. The molecule has 1 rings (SSSR count). The second-order valence-electron chi connectivity index (χ2n) is 4.39. The van der Waals surface area contributed by atoms with Crippen molar-refractivity contribution in [3.63, 3.8) is 0 Å². The minimum Gasteiger partial charge on any atom is -0.481 e. The zero-order chi connectivity index (χ0) is 14.4. The molecule has 0 unspecified atom stereocenters. The first kappa shape index (κ1) is 16.5. The predicted molar refractivity (Wildman–Crippen MR) is 83.4 cm³/mol. The van der Waals surface area contributed by atoms with Crippen LogP contribution in [0.5, 0.6) is 5.75 Å². The van der Waals surface area contributed by atoms with Gasteiger partial charge in [-0.15, -0.1) is 0 Å². The number of carbonyl (C=O) groups is 1. The van der Waals surface area contributed by atoms with E-state index in [1.165, 1.54) is 0 Å². The molecule has 1 aromatic carbocycles. The molecule has 0 aromatic heterocycles. The first-order valence-corrected chi connectivity index (χ1v) is 7.57. The van der Waals surface area contributed by atoms with E-state index in [1.54, 1.807) is 7.05 Å². The van der Waals surface area contributed by atoms with E-state index in [9.17, 15) is 4.79 Å². The molecule has 0 atom stereocenters. The maximum atomic E-state index is 11.2. The van der Waals surface area contributed by atoms with Gasteiger partial charge in [0, 0.05) is 19.6 Å². The van der Waals surface area contributed by atoms with Crippen molar-refractivity contribution in [3.05, 3.63) is 26.6 Å². The molecule has 0 fully saturated rings. The number of rotatable bonds is 6. The van der Waals surface area contributed by atoms with Gasteiger partial charge in [-0.3, -0.25) is 4.79 Å². The Morgan fingerprint density at radius 2 is 1.89 bits per heavy atom. The highest BCUT2D eigenvalue weighted by Crippen LogP contribution is 2.34. The summed E-state index contributed by atoms with van der Waals surface area (Å²) in [4.78, 5) is 11.2. The zero-order valence-electron chi connectivity index (χ0n) is 11.2. The summed E-state index contributed by atoms with van der Waals surface area (Å²) in [7, 11) is 1.58. The lowest BCUT2D eigenvalue weighted by Gasteiger charge is -2.13. The highest BCUT2D eigenvalue weighted by atomic mass is 79.9. The molecule has 2 N–H and O–H groups in total. The van der Waals surface area contributed by atoms with Crippen LogP contribution in [0.4, 0.5) is 0 Å². The van der Waals surface area contributed by atoms with Gasteiger partial charge in [0.15, 0.2) is 6.61 Å². The number of nitrogens with one attached hydrogen (secondary N) is 2. The van der Waals surface area contributed by atoms with E-state index >= 15 is 0 Å².